The standard InChI is InChI=1S/C53H97NO5/c1-4-7-10-13-16-19-21-23-25-27-28-30-33-35-38-41-44-49(47-52(57)54-50(48-55)51(56)45-42-39-36-32-18-15-12-9-6-3)59-53(58)46-43-40-37-34-31-29-26-24-22-20-17-14-11-8-5-2/h20-23,25,27-28,30,49-51,55-56H,4-19,24,26,29,31-48H2,1-3H3,(H,54,57)/b22-20-,23-21+,27-25+,30-28+. The molecule has 0 aromatic carbocycles. The molecule has 0 spiro atoms. The monoisotopic (exact) mass is 828 g/mol. The molecule has 59 heavy (non-hydrogen) atoms. The summed E-state index contributed by atoms with van der Waals surface area (Å²) < 4.78 is 5.91. The van der Waals surface area contributed by atoms with Crippen LogP contribution in [0.15, 0.2) is 48.6 Å². The van der Waals surface area contributed by atoms with Crippen LogP contribution >= 0.6 is 0 Å². The van der Waals surface area contributed by atoms with Gasteiger partial charge >= 0.3 is 5.97 Å². The van der Waals surface area contributed by atoms with Gasteiger partial charge in [-0.1, -0.05) is 211 Å². The zero-order chi connectivity index (χ0) is 43.1. The van der Waals surface area contributed by atoms with Gasteiger partial charge in [0.25, 0.3) is 0 Å². The van der Waals surface area contributed by atoms with Crippen molar-refractivity contribution in [2.75, 3.05) is 6.61 Å². The van der Waals surface area contributed by atoms with E-state index >= 15 is 0 Å². The second-order valence-corrected chi connectivity index (χ2v) is 17.3. The van der Waals surface area contributed by atoms with Crippen molar-refractivity contribution in [3.63, 3.8) is 0 Å². The van der Waals surface area contributed by atoms with Crippen molar-refractivity contribution < 1.29 is 24.5 Å². The number of hydrogen-bond donors (Lipinski definition) is 3. The molecule has 3 N–H and O–H groups in total. The van der Waals surface area contributed by atoms with Gasteiger partial charge in [-0.05, 0) is 77.0 Å². The van der Waals surface area contributed by atoms with Gasteiger partial charge in [-0.3, -0.25) is 9.59 Å². The summed E-state index contributed by atoms with van der Waals surface area (Å²) in [5, 5.41) is 23.7. The quantitative estimate of drug-likeness (QED) is 0.0246. The van der Waals surface area contributed by atoms with E-state index < -0.39 is 18.2 Å². The Kier molecular flexibility index (Phi) is 45.1. The summed E-state index contributed by atoms with van der Waals surface area (Å²) in [6, 6.07) is -0.712. The molecule has 3 unspecified atom stereocenters. The SMILES string of the molecule is CCCCCC/C=C\CCCCCCCCCC(=O)OC(CCCCC/C=C/C=C/C=C/CCCCCCC)CC(=O)NC(CO)C(O)CCCCCCCCCCC. The lowest BCUT2D eigenvalue weighted by molar-refractivity contribution is -0.151. The summed E-state index contributed by atoms with van der Waals surface area (Å²) in [4.78, 5) is 26.1. The average Bonchev–Trinajstić information content (AvgIpc) is 3.23. The molecule has 1 amide bonds. The van der Waals surface area contributed by atoms with E-state index in [4.69, 9.17) is 4.74 Å². The van der Waals surface area contributed by atoms with E-state index in [-0.39, 0.29) is 24.9 Å². The van der Waals surface area contributed by atoms with Gasteiger partial charge in [0.15, 0.2) is 0 Å². The van der Waals surface area contributed by atoms with Crippen LogP contribution in [0, 0.1) is 0 Å². The lowest BCUT2D eigenvalue weighted by Gasteiger charge is -2.24. The van der Waals surface area contributed by atoms with Crippen LogP contribution in [0.3, 0.4) is 0 Å². The molecule has 0 aromatic rings. The van der Waals surface area contributed by atoms with Gasteiger partial charge in [-0.25, -0.2) is 0 Å². The summed E-state index contributed by atoms with van der Waals surface area (Å²) in [6.07, 6.45) is 56.0. The minimum Gasteiger partial charge on any atom is -0.462 e. The highest BCUT2D eigenvalue weighted by molar-refractivity contribution is 5.77. The maximum Gasteiger partial charge on any atom is 0.306 e. The summed E-state index contributed by atoms with van der Waals surface area (Å²) >= 11 is 0. The maximum atomic E-state index is 13.2. The first-order chi connectivity index (χ1) is 29.0. The maximum absolute atomic E-state index is 13.2. The number of aliphatic hydroxyl groups is 2. The van der Waals surface area contributed by atoms with Crippen molar-refractivity contribution in [3.8, 4) is 0 Å². The van der Waals surface area contributed by atoms with E-state index in [0.717, 1.165) is 70.6 Å². The molecule has 0 rings (SSSR count). The van der Waals surface area contributed by atoms with Crippen molar-refractivity contribution in [2.45, 2.75) is 270 Å². The molecule has 0 aliphatic rings. The molecule has 6 heteroatoms. The summed E-state index contributed by atoms with van der Waals surface area (Å²) in [6.45, 7) is 6.43. The third-order valence-corrected chi connectivity index (χ3v) is 11.4. The van der Waals surface area contributed by atoms with Crippen molar-refractivity contribution in [2.24, 2.45) is 0 Å². The number of hydrogen-bond acceptors (Lipinski definition) is 5. The number of aliphatic hydroxyl groups excluding tert-OH is 2. The number of ether oxygens (including phenoxy) is 1. The van der Waals surface area contributed by atoms with Crippen LogP contribution in [0.1, 0.15) is 252 Å². The second-order valence-electron chi connectivity index (χ2n) is 17.3. The Morgan fingerprint density at radius 1 is 0.492 bits per heavy atom. The Balaban J connectivity index is 4.66. The molecular weight excluding hydrogens is 731 g/mol. The minimum absolute atomic E-state index is 0.0536. The van der Waals surface area contributed by atoms with Crippen molar-refractivity contribution >= 4 is 11.9 Å². The van der Waals surface area contributed by atoms with E-state index in [1.807, 2.05) is 0 Å². The van der Waals surface area contributed by atoms with Crippen LogP contribution < -0.4 is 5.32 Å². The molecule has 0 bridgehead atoms. The average molecular weight is 828 g/mol. The predicted molar refractivity (Wildman–Crippen MR) is 255 cm³/mol. The second kappa shape index (κ2) is 46.9. The van der Waals surface area contributed by atoms with Crippen molar-refractivity contribution in [3.05, 3.63) is 48.6 Å². The third-order valence-electron chi connectivity index (χ3n) is 11.4. The Morgan fingerprint density at radius 2 is 0.881 bits per heavy atom. The Morgan fingerprint density at radius 3 is 1.37 bits per heavy atom. The lowest BCUT2D eigenvalue weighted by Crippen LogP contribution is -2.46. The normalized spacial score (nSPS) is 13.6. The van der Waals surface area contributed by atoms with Crippen LogP contribution in [0.2, 0.25) is 0 Å². The zero-order valence-electron chi connectivity index (χ0n) is 39.1. The van der Waals surface area contributed by atoms with E-state index in [9.17, 15) is 19.8 Å². The molecule has 6 nitrogen and oxygen atoms in total. The highest BCUT2D eigenvalue weighted by Gasteiger charge is 2.24. The van der Waals surface area contributed by atoms with E-state index in [1.165, 1.54) is 135 Å². The van der Waals surface area contributed by atoms with Gasteiger partial charge in [0, 0.05) is 6.42 Å². The highest BCUT2D eigenvalue weighted by Crippen LogP contribution is 2.17. The Labute approximate surface area is 366 Å². The van der Waals surface area contributed by atoms with Crippen LogP contribution in [-0.2, 0) is 14.3 Å². The molecule has 0 radical (unpaired) electrons. The molecule has 0 fully saturated rings. The first-order valence-corrected chi connectivity index (χ1v) is 25.4. The molecule has 0 aliphatic carbocycles. The number of esters is 1. The van der Waals surface area contributed by atoms with Gasteiger partial charge in [0.1, 0.15) is 6.10 Å². The van der Waals surface area contributed by atoms with Crippen molar-refractivity contribution in [1.29, 1.82) is 0 Å². The topological polar surface area (TPSA) is 95.9 Å². The molecule has 0 aliphatic heterocycles. The van der Waals surface area contributed by atoms with Gasteiger partial charge in [-0.15, -0.1) is 0 Å². The molecule has 3 atom stereocenters. The largest absolute Gasteiger partial charge is 0.462 e. The fraction of sp³-hybridized carbons (Fsp3) is 0.811. The van der Waals surface area contributed by atoms with Gasteiger partial charge < -0.3 is 20.3 Å². The van der Waals surface area contributed by atoms with Crippen LogP contribution in [0.25, 0.3) is 0 Å². The number of amides is 1. The molecule has 0 saturated heterocycles. The van der Waals surface area contributed by atoms with Crippen LogP contribution in [0.5, 0.6) is 0 Å². The van der Waals surface area contributed by atoms with E-state index in [2.05, 4.69) is 74.7 Å². The first-order valence-electron chi connectivity index (χ1n) is 25.4. The summed E-state index contributed by atoms with van der Waals surface area (Å²) in [5.41, 5.74) is 0. The Bertz CT molecular complexity index is 1020. The molecule has 344 valence electrons. The number of unbranched alkanes of at least 4 members (excludes halogenated alkanes) is 27. The predicted octanol–water partition coefficient (Wildman–Crippen LogP) is 15.1. The first kappa shape index (κ1) is 56.8. The number of rotatable bonds is 45. The number of carbonyl (C=O) groups excluding carboxylic acids is 2. The molecule has 0 saturated carbocycles. The molecule has 0 aromatic heterocycles. The van der Waals surface area contributed by atoms with Gasteiger partial charge in [-0.2, -0.15) is 0 Å². The third kappa shape index (κ3) is 42.3. The number of nitrogens with one attached hydrogen (secondary N) is 1. The number of allylic oxidation sites excluding steroid dienone is 8. The summed E-state index contributed by atoms with van der Waals surface area (Å²) in [5.74, 6) is -0.510. The fourth-order valence-electron chi connectivity index (χ4n) is 7.54. The molecular formula is C53H97NO5. The molecule has 0 heterocycles. The highest BCUT2D eigenvalue weighted by atomic mass is 16.5. The van der Waals surface area contributed by atoms with Crippen molar-refractivity contribution in [1.82, 2.24) is 5.32 Å². The van der Waals surface area contributed by atoms with Crippen LogP contribution in [-0.4, -0.2) is 46.9 Å². The Hall–Kier alpha value is -2.18. The smallest absolute Gasteiger partial charge is 0.306 e. The zero-order valence-corrected chi connectivity index (χ0v) is 39.1. The lowest BCUT2D eigenvalue weighted by atomic mass is 10.0. The number of carbonyl (C=O) groups is 2. The minimum atomic E-state index is -0.796. The van der Waals surface area contributed by atoms with E-state index in [0.29, 0.717) is 19.3 Å². The van der Waals surface area contributed by atoms with Crippen LogP contribution in [0.4, 0.5) is 0 Å². The van der Waals surface area contributed by atoms with Gasteiger partial charge in [0.05, 0.1) is 25.2 Å². The summed E-state index contributed by atoms with van der Waals surface area (Å²) in [7, 11) is 0. The van der Waals surface area contributed by atoms with E-state index in [1.54, 1.807) is 0 Å². The fourth-order valence-corrected chi connectivity index (χ4v) is 7.54. The van der Waals surface area contributed by atoms with Gasteiger partial charge in [0.2, 0.25) is 5.91 Å².